The van der Waals surface area contributed by atoms with E-state index in [4.69, 9.17) is 0 Å². The van der Waals surface area contributed by atoms with Crippen molar-refractivity contribution >= 4 is 16.9 Å². The number of carbonyl (C=O) groups is 1. The van der Waals surface area contributed by atoms with Gasteiger partial charge in [0.15, 0.2) is 5.65 Å². The first-order chi connectivity index (χ1) is 11.5. The Morgan fingerprint density at radius 3 is 2.96 bits per heavy atom. The molecular weight excluding hydrogens is 306 g/mol. The number of fused-ring (bicyclic) bond motifs is 1. The minimum atomic E-state index is -0.262. The van der Waals surface area contributed by atoms with Gasteiger partial charge in [-0.2, -0.15) is 5.10 Å². The van der Waals surface area contributed by atoms with Gasteiger partial charge in [-0.1, -0.05) is 29.8 Å². The zero-order valence-corrected chi connectivity index (χ0v) is 13.7. The van der Waals surface area contributed by atoms with Gasteiger partial charge in [-0.25, -0.2) is 4.98 Å². The molecule has 0 radical (unpaired) electrons. The maximum atomic E-state index is 12.3. The third-order valence-corrected chi connectivity index (χ3v) is 3.85. The molecule has 124 valence electrons. The molecule has 0 spiro atoms. The van der Waals surface area contributed by atoms with E-state index in [-0.39, 0.29) is 18.0 Å². The highest BCUT2D eigenvalue weighted by Crippen LogP contribution is 2.04. The highest BCUT2D eigenvalue weighted by atomic mass is 16.2. The number of aryl methyl sites for hydroxylation is 2. The minimum absolute atomic E-state index is 0.0511. The van der Waals surface area contributed by atoms with Gasteiger partial charge < -0.3 is 5.32 Å². The van der Waals surface area contributed by atoms with Crippen LogP contribution >= 0.6 is 0 Å². The van der Waals surface area contributed by atoms with Crippen molar-refractivity contribution in [1.82, 2.24) is 24.6 Å². The van der Waals surface area contributed by atoms with Crippen molar-refractivity contribution in [2.24, 2.45) is 7.05 Å². The van der Waals surface area contributed by atoms with Crippen molar-refractivity contribution in [2.45, 2.75) is 19.9 Å². The van der Waals surface area contributed by atoms with Gasteiger partial charge in [-0.3, -0.25) is 18.8 Å². The van der Waals surface area contributed by atoms with E-state index >= 15 is 0 Å². The predicted octanol–water partition coefficient (Wildman–Crippen LogP) is 0.797. The molecule has 0 fully saturated rings. The number of amides is 1. The Hall–Kier alpha value is -2.96. The molecule has 2 aromatic heterocycles. The van der Waals surface area contributed by atoms with Gasteiger partial charge in [0.2, 0.25) is 5.91 Å². The molecule has 0 aliphatic rings. The molecule has 0 saturated heterocycles. The van der Waals surface area contributed by atoms with Crippen LogP contribution in [0.3, 0.4) is 0 Å². The van der Waals surface area contributed by atoms with Crippen LogP contribution in [0.2, 0.25) is 0 Å². The molecule has 7 heteroatoms. The summed E-state index contributed by atoms with van der Waals surface area (Å²) >= 11 is 0. The SMILES string of the molecule is Cc1cccc(CCNC(=O)Cn2cnc3c(cnn3C)c2=O)c1. The van der Waals surface area contributed by atoms with Gasteiger partial charge in [0.25, 0.3) is 5.56 Å². The molecule has 3 rings (SSSR count). The Kier molecular flexibility index (Phi) is 4.41. The average molecular weight is 325 g/mol. The number of hydrogen-bond acceptors (Lipinski definition) is 4. The Bertz CT molecular complexity index is 942. The van der Waals surface area contributed by atoms with E-state index in [1.807, 2.05) is 25.1 Å². The third kappa shape index (κ3) is 3.34. The molecule has 1 aromatic carbocycles. The molecule has 7 nitrogen and oxygen atoms in total. The van der Waals surface area contributed by atoms with E-state index < -0.39 is 0 Å². The molecule has 24 heavy (non-hydrogen) atoms. The molecular formula is C17H19N5O2. The summed E-state index contributed by atoms with van der Waals surface area (Å²) < 4.78 is 2.83. The first kappa shape index (κ1) is 15.9. The van der Waals surface area contributed by atoms with Gasteiger partial charge in [-0.15, -0.1) is 0 Å². The molecule has 1 N–H and O–H groups in total. The lowest BCUT2D eigenvalue weighted by molar-refractivity contribution is -0.121. The fourth-order valence-electron chi connectivity index (χ4n) is 2.60. The topological polar surface area (TPSA) is 81.8 Å². The van der Waals surface area contributed by atoms with E-state index in [2.05, 4.69) is 21.5 Å². The maximum Gasteiger partial charge on any atom is 0.264 e. The standard InChI is InChI=1S/C17H19N5O2/c1-12-4-3-5-13(8-12)6-7-18-15(23)10-22-11-19-16-14(17(22)24)9-20-21(16)2/h3-5,8-9,11H,6-7,10H2,1-2H3,(H,18,23). The summed E-state index contributed by atoms with van der Waals surface area (Å²) in [6.45, 7) is 2.51. The lowest BCUT2D eigenvalue weighted by Gasteiger charge is -2.08. The maximum absolute atomic E-state index is 12.3. The number of nitrogens with zero attached hydrogens (tertiary/aromatic N) is 4. The van der Waals surface area contributed by atoms with E-state index in [1.54, 1.807) is 7.05 Å². The summed E-state index contributed by atoms with van der Waals surface area (Å²) in [5.74, 6) is -0.213. The molecule has 2 heterocycles. The highest BCUT2D eigenvalue weighted by Gasteiger charge is 2.10. The number of aromatic nitrogens is 4. The van der Waals surface area contributed by atoms with Crippen LogP contribution < -0.4 is 10.9 Å². The normalized spacial score (nSPS) is 10.9. The lowest BCUT2D eigenvalue weighted by Crippen LogP contribution is -2.33. The molecule has 0 atom stereocenters. The van der Waals surface area contributed by atoms with Crippen LogP contribution in [0.1, 0.15) is 11.1 Å². The summed E-state index contributed by atoms with van der Waals surface area (Å²) in [5, 5.41) is 7.25. The van der Waals surface area contributed by atoms with Crippen molar-refractivity contribution in [2.75, 3.05) is 6.54 Å². The van der Waals surface area contributed by atoms with Crippen molar-refractivity contribution in [3.8, 4) is 0 Å². The minimum Gasteiger partial charge on any atom is -0.354 e. The fraction of sp³-hybridized carbons (Fsp3) is 0.294. The number of carbonyl (C=O) groups excluding carboxylic acids is 1. The highest BCUT2D eigenvalue weighted by molar-refractivity contribution is 5.77. The number of nitrogens with one attached hydrogen (secondary N) is 1. The first-order valence-electron chi connectivity index (χ1n) is 7.74. The molecule has 0 bridgehead atoms. The van der Waals surface area contributed by atoms with Crippen LogP contribution in [-0.4, -0.2) is 31.8 Å². The van der Waals surface area contributed by atoms with Crippen LogP contribution in [-0.2, 0) is 24.8 Å². The Labute approximate surface area is 138 Å². The molecule has 0 aliphatic carbocycles. The smallest absolute Gasteiger partial charge is 0.264 e. The van der Waals surface area contributed by atoms with Gasteiger partial charge in [0.1, 0.15) is 18.3 Å². The quantitative estimate of drug-likeness (QED) is 0.752. The van der Waals surface area contributed by atoms with Crippen molar-refractivity contribution in [1.29, 1.82) is 0 Å². The van der Waals surface area contributed by atoms with Gasteiger partial charge in [0.05, 0.1) is 6.20 Å². The van der Waals surface area contributed by atoms with Gasteiger partial charge in [0, 0.05) is 13.6 Å². The van der Waals surface area contributed by atoms with Crippen LogP contribution in [0, 0.1) is 6.92 Å². The number of hydrogen-bond donors (Lipinski definition) is 1. The zero-order chi connectivity index (χ0) is 17.1. The van der Waals surface area contributed by atoms with Gasteiger partial charge in [-0.05, 0) is 18.9 Å². The summed E-state index contributed by atoms with van der Waals surface area (Å²) in [5.41, 5.74) is 2.62. The molecule has 1 amide bonds. The Balaban J connectivity index is 1.61. The second-order valence-electron chi connectivity index (χ2n) is 5.77. The Morgan fingerprint density at radius 2 is 2.17 bits per heavy atom. The van der Waals surface area contributed by atoms with E-state index in [1.165, 1.54) is 32.9 Å². The molecule has 0 aliphatic heterocycles. The van der Waals surface area contributed by atoms with Crippen LogP contribution in [0.15, 0.2) is 41.6 Å². The fourth-order valence-corrected chi connectivity index (χ4v) is 2.60. The van der Waals surface area contributed by atoms with Crippen LogP contribution in [0.25, 0.3) is 11.0 Å². The largest absolute Gasteiger partial charge is 0.354 e. The molecule has 0 saturated carbocycles. The summed E-state index contributed by atoms with van der Waals surface area (Å²) in [6, 6.07) is 8.16. The van der Waals surface area contributed by atoms with Gasteiger partial charge >= 0.3 is 0 Å². The molecule has 0 unspecified atom stereocenters. The average Bonchev–Trinajstić information content (AvgIpc) is 2.92. The third-order valence-electron chi connectivity index (χ3n) is 3.85. The van der Waals surface area contributed by atoms with Crippen molar-refractivity contribution in [3.63, 3.8) is 0 Å². The Morgan fingerprint density at radius 1 is 1.33 bits per heavy atom. The predicted molar refractivity (Wildman–Crippen MR) is 90.7 cm³/mol. The van der Waals surface area contributed by atoms with E-state index in [0.29, 0.717) is 17.6 Å². The number of benzene rings is 1. The number of rotatable bonds is 5. The van der Waals surface area contributed by atoms with E-state index in [9.17, 15) is 9.59 Å². The van der Waals surface area contributed by atoms with Crippen LogP contribution in [0.5, 0.6) is 0 Å². The summed E-state index contributed by atoms with van der Waals surface area (Å²) in [6.07, 6.45) is 3.60. The van der Waals surface area contributed by atoms with E-state index in [0.717, 1.165) is 6.42 Å². The monoisotopic (exact) mass is 325 g/mol. The molecule has 3 aromatic rings. The second-order valence-corrected chi connectivity index (χ2v) is 5.77. The van der Waals surface area contributed by atoms with Crippen molar-refractivity contribution in [3.05, 3.63) is 58.3 Å². The van der Waals surface area contributed by atoms with Crippen molar-refractivity contribution < 1.29 is 4.79 Å². The lowest BCUT2D eigenvalue weighted by atomic mass is 10.1. The summed E-state index contributed by atoms with van der Waals surface area (Å²) in [7, 11) is 1.72. The first-order valence-corrected chi connectivity index (χ1v) is 7.74. The second kappa shape index (κ2) is 6.66. The summed E-state index contributed by atoms with van der Waals surface area (Å²) in [4.78, 5) is 28.5. The zero-order valence-electron chi connectivity index (χ0n) is 13.7. The van der Waals surface area contributed by atoms with Crippen LogP contribution in [0.4, 0.5) is 0 Å².